The summed E-state index contributed by atoms with van der Waals surface area (Å²) in [7, 11) is 4.51. The highest BCUT2D eigenvalue weighted by Crippen LogP contribution is 2.41. The average Bonchev–Trinajstić information content (AvgIpc) is 3.33. The molecule has 2 amide bonds. The molecular formula is C29H28N2O8S. The number of fused-ring (bicyclic) bond motifs is 2. The number of nitrogens with one attached hydrogen (secondary N) is 1. The molecule has 1 aliphatic carbocycles. The molecule has 208 valence electrons. The summed E-state index contributed by atoms with van der Waals surface area (Å²) in [5.41, 5.74) is 7.54. The van der Waals surface area contributed by atoms with Gasteiger partial charge < -0.3 is 34.4 Å². The first kappa shape index (κ1) is 27.1. The molecule has 2 aromatic carbocycles. The molecular weight excluding hydrogens is 536 g/mol. The Morgan fingerprint density at radius 2 is 1.73 bits per heavy atom. The number of anilines is 1. The zero-order valence-electron chi connectivity index (χ0n) is 22.3. The number of hydrogen-bond acceptors (Lipinski definition) is 9. The van der Waals surface area contributed by atoms with Gasteiger partial charge in [0, 0.05) is 16.5 Å². The van der Waals surface area contributed by atoms with Crippen molar-refractivity contribution < 1.29 is 33.0 Å². The van der Waals surface area contributed by atoms with E-state index in [0.29, 0.717) is 50.5 Å². The van der Waals surface area contributed by atoms with Gasteiger partial charge in [0.2, 0.25) is 5.75 Å². The number of carbonyl (C=O) groups is 2. The van der Waals surface area contributed by atoms with E-state index < -0.39 is 11.8 Å². The molecule has 0 fully saturated rings. The maximum absolute atomic E-state index is 13.0. The first-order chi connectivity index (χ1) is 19.3. The van der Waals surface area contributed by atoms with E-state index in [1.54, 1.807) is 24.3 Å². The quantitative estimate of drug-likeness (QED) is 0.302. The van der Waals surface area contributed by atoms with Gasteiger partial charge in [-0.3, -0.25) is 14.4 Å². The summed E-state index contributed by atoms with van der Waals surface area (Å²) in [6, 6.07) is 9.47. The lowest BCUT2D eigenvalue weighted by Gasteiger charge is -2.14. The number of benzene rings is 2. The fraction of sp³-hybridized carbons (Fsp3) is 0.276. The third-order valence-corrected chi connectivity index (χ3v) is 7.90. The number of thiophene rings is 1. The van der Waals surface area contributed by atoms with Crippen molar-refractivity contribution in [3.05, 3.63) is 62.6 Å². The first-order valence-corrected chi connectivity index (χ1v) is 13.4. The van der Waals surface area contributed by atoms with Gasteiger partial charge >= 0.3 is 0 Å². The van der Waals surface area contributed by atoms with Crippen LogP contribution in [0.15, 0.2) is 45.6 Å². The molecule has 2 aromatic heterocycles. The summed E-state index contributed by atoms with van der Waals surface area (Å²) < 4.78 is 27.8. The Hall–Kier alpha value is -4.51. The third kappa shape index (κ3) is 5.20. The molecule has 0 aliphatic heterocycles. The SMILES string of the molecule is COc1cc(-c2cc(=O)c3cc(OCC(=O)Nc4sc5c(c4C(N)=O)CCCC5)ccc3o2)cc(OC)c1OC. The van der Waals surface area contributed by atoms with Crippen LogP contribution in [0, 0.1) is 0 Å². The minimum Gasteiger partial charge on any atom is -0.493 e. The molecule has 0 radical (unpaired) electrons. The molecule has 0 spiro atoms. The standard InChI is InChI=1S/C29H28N2O8S/c1-35-22-10-15(11-23(36-2)27(22)37-3)21-13-19(32)18-12-16(8-9-20(18)39-21)38-14-25(33)31-29-26(28(30)34)17-6-4-5-7-24(17)40-29/h8-13H,4-7,14H2,1-3H3,(H2,30,34)(H,31,33). The maximum atomic E-state index is 13.0. The molecule has 0 unspecified atom stereocenters. The van der Waals surface area contributed by atoms with E-state index in [2.05, 4.69) is 5.32 Å². The van der Waals surface area contributed by atoms with Crippen molar-refractivity contribution in [2.24, 2.45) is 5.73 Å². The summed E-state index contributed by atoms with van der Waals surface area (Å²) in [6.45, 7) is -0.318. The molecule has 10 nitrogen and oxygen atoms in total. The van der Waals surface area contributed by atoms with Gasteiger partial charge in [-0.15, -0.1) is 11.3 Å². The Bertz CT molecular complexity index is 1650. The van der Waals surface area contributed by atoms with Gasteiger partial charge in [0.25, 0.3) is 11.8 Å². The number of methoxy groups -OCH3 is 3. The van der Waals surface area contributed by atoms with E-state index in [0.717, 1.165) is 36.1 Å². The van der Waals surface area contributed by atoms with E-state index in [4.69, 9.17) is 29.1 Å². The maximum Gasteiger partial charge on any atom is 0.262 e. The Balaban J connectivity index is 1.34. The lowest BCUT2D eigenvalue weighted by molar-refractivity contribution is -0.118. The van der Waals surface area contributed by atoms with Crippen molar-refractivity contribution in [2.75, 3.05) is 33.3 Å². The molecule has 4 aromatic rings. The van der Waals surface area contributed by atoms with Crippen LogP contribution in [0.4, 0.5) is 5.00 Å². The number of primary amides is 1. The number of aryl methyl sites for hydroxylation is 1. The molecule has 0 atom stereocenters. The van der Waals surface area contributed by atoms with Crippen LogP contribution < -0.4 is 35.4 Å². The fourth-order valence-electron chi connectivity index (χ4n) is 4.82. The zero-order valence-corrected chi connectivity index (χ0v) is 23.1. The van der Waals surface area contributed by atoms with E-state index >= 15 is 0 Å². The molecule has 0 saturated carbocycles. The van der Waals surface area contributed by atoms with Crippen LogP contribution in [-0.2, 0) is 17.6 Å². The second-order valence-corrected chi connectivity index (χ2v) is 10.3. The van der Waals surface area contributed by atoms with Crippen molar-refractivity contribution in [3.63, 3.8) is 0 Å². The Kier molecular flexibility index (Phi) is 7.65. The molecule has 0 saturated heterocycles. The minimum atomic E-state index is -0.553. The minimum absolute atomic E-state index is 0.288. The molecule has 5 rings (SSSR count). The largest absolute Gasteiger partial charge is 0.493 e. The van der Waals surface area contributed by atoms with E-state index in [9.17, 15) is 14.4 Å². The summed E-state index contributed by atoms with van der Waals surface area (Å²) in [6.07, 6.45) is 3.67. The molecule has 3 N–H and O–H groups in total. The second kappa shape index (κ2) is 11.3. The number of rotatable bonds is 9. The topological polar surface area (TPSA) is 139 Å². The summed E-state index contributed by atoms with van der Waals surface area (Å²) >= 11 is 1.39. The summed E-state index contributed by atoms with van der Waals surface area (Å²) in [4.78, 5) is 38.8. The Morgan fingerprint density at radius 1 is 1.00 bits per heavy atom. The number of nitrogens with two attached hydrogens (primary N) is 1. The van der Waals surface area contributed by atoms with Gasteiger partial charge in [-0.25, -0.2) is 0 Å². The van der Waals surface area contributed by atoms with Gasteiger partial charge in [0.1, 0.15) is 22.1 Å². The fourth-order valence-corrected chi connectivity index (χ4v) is 6.13. The lowest BCUT2D eigenvalue weighted by Crippen LogP contribution is -2.22. The smallest absolute Gasteiger partial charge is 0.262 e. The summed E-state index contributed by atoms with van der Waals surface area (Å²) in [5.74, 6) is 0.908. The summed E-state index contributed by atoms with van der Waals surface area (Å²) in [5, 5.41) is 3.50. The van der Waals surface area contributed by atoms with Crippen LogP contribution >= 0.6 is 11.3 Å². The normalized spacial score (nSPS) is 12.5. The number of ether oxygens (including phenoxy) is 4. The van der Waals surface area contributed by atoms with Gasteiger partial charge in [-0.05, 0) is 61.6 Å². The van der Waals surface area contributed by atoms with E-state index in [1.807, 2.05) is 0 Å². The monoisotopic (exact) mass is 564 g/mol. The van der Waals surface area contributed by atoms with Gasteiger partial charge in [0.15, 0.2) is 23.5 Å². The van der Waals surface area contributed by atoms with Crippen LogP contribution in [0.2, 0.25) is 0 Å². The van der Waals surface area contributed by atoms with Crippen molar-refractivity contribution in [3.8, 4) is 34.3 Å². The van der Waals surface area contributed by atoms with Crippen LogP contribution in [-0.4, -0.2) is 39.8 Å². The van der Waals surface area contributed by atoms with Crippen molar-refractivity contribution in [1.82, 2.24) is 0 Å². The lowest BCUT2D eigenvalue weighted by atomic mass is 9.95. The predicted octanol–water partition coefficient (Wildman–Crippen LogP) is 4.54. The molecule has 0 bridgehead atoms. The second-order valence-electron chi connectivity index (χ2n) is 9.16. The van der Waals surface area contributed by atoms with Crippen molar-refractivity contribution >= 4 is 39.1 Å². The third-order valence-electron chi connectivity index (χ3n) is 6.69. The van der Waals surface area contributed by atoms with E-state index in [1.165, 1.54) is 44.8 Å². The predicted molar refractivity (Wildman–Crippen MR) is 151 cm³/mol. The van der Waals surface area contributed by atoms with Crippen LogP contribution in [0.1, 0.15) is 33.6 Å². The van der Waals surface area contributed by atoms with Crippen molar-refractivity contribution in [2.45, 2.75) is 25.7 Å². The van der Waals surface area contributed by atoms with Crippen LogP contribution in [0.3, 0.4) is 0 Å². The first-order valence-electron chi connectivity index (χ1n) is 12.6. The highest BCUT2D eigenvalue weighted by molar-refractivity contribution is 7.17. The highest BCUT2D eigenvalue weighted by Gasteiger charge is 2.25. The molecule has 2 heterocycles. The van der Waals surface area contributed by atoms with Crippen LogP contribution in [0.25, 0.3) is 22.3 Å². The number of amides is 2. The number of hydrogen-bond donors (Lipinski definition) is 2. The van der Waals surface area contributed by atoms with Gasteiger partial charge in [0.05, 0.1) is 32.3 Å². The van der Waals surface area contributed by atoms with E-state index in [-0.39, 0.29) is 17.4 Å². The molecule has 1 aliphatic rings. The highest BCUT2D eigenvalue weighted by atomic mass is 32.1. The average molecular weight is 565 g/mol. The Morgan fingerprint density at radius 3 is 2.40 bits per heavy atom. The molecule has 11 heteroatoms. The zero-order chi connectivity index (χ0) is 28.4. The number of carbonyl (C=O) groups excluding carboxylic acids is 2. The van der Waals surface area contributed by atoms with Crippen molar-refractivity contribution in [1.29, 1.82) is 0 Å². The van der Waals surface area contributed by atoms with Gasteiger partial charge in [-0.1, -0.05) is 0 Å². The van der Waals surface area contributed by atoms with Crippen LogP contribution in [0.5, 0.6) is 23.0 Å². The van der Waals surface area contributed by atoms with Gasteiger partial charge in [-0.2, -0.15) is 0 Å². The Labute approximate surface area is 233 Å². The molecule has 40 heavy (non-hydrogen) atoms.